The van der Waals surface area contributed by atoms with Gasteiger partial charge in [-0.2, -0.15) is 0 Å². The summed E-state index contributed by atoms with van der Waals surface area (Å²) in [5.41, 5.74) is 4.96. The van der Waals surface area contributed by atoms with Gasteiger partial charge < -0.3 is 5.11 Å². The molecule has 0 aromatic heterocycles. The van der Waals surface area contributed by atoms with Crippen LogP contribution in [0.5, 0.6) is 0 Å². The standard InChI is InChI=1S/C26H28N2O2.2ClH/c1-20-18-28(17-16-27(20)19-25(29)30)26(23-10-6-3-7-11-23)24-14-12-22(13-15-24)21-8-4-2-5-9-21;;/h2-15,20,26H,16-19H2,1H3,(H,29,30);2*1H/t20-,26?;;/m1../s1. The van der Waals surface area contributed by atoms with Crippen molar-refractivity contribution in [3.63, 3.8) is 0 Å². The molecular weight excluding hydrogens is 443 g/mol. The molecule has 0 aliphatic carbocycles. The van der Waals surface area contributed by atoms with E-state index in [9.17, 15) is 9.90 Å². The highest BCUT2D eigenvalue weighted by Gasteiger charge is 2.30. The average molecular weight is 473 g/mol. The first-order chi connectivity index (χ1) is 14.6. The van der Waals surface area contributed by atoms with Gasteiger partial charge in [-0.15, -0.1) is 24.8 Å². The van der Waals surface area contributed by atoms with Crippen molar-refractivity contribution in [1.82, 2.24) is 9.80 Å². The molecular formula is C26H30Cl2N2O2. The Morgan fingerprint density at radius 2 is 1.38 bits per heavy atom. The second kappa shape index (κ2) is 12.0. The zero-order chi connectivity index (χ0) is 20.9. The van der Waals surface area contributed by atoms with Gasteiger partial charge in [0.2, 0.25) is 0 Å². The number of carboxylic acids is 1. The van der Waals surface area contributed by atoms with Gasteiger partial charge in [-0.3, -0.25) is 14.6 Å². The predicted molar refractivity (Wildman–Crippen MR) is 135 cm³/mol. The van der Waals surface area contributed by atoms with Gasteiger partial charge in [0.05, 0.1) is 12.6 Å². The number of nitrogens with zero attached hydrogens (tertiary/aromatic N) is 2. The SMILES string of the molecule is C[C@@H]1CN(C(c2ccccc2)c2ccc(-c3ccccc3)cc2)CCN1CC(=O)O.Cl.Cl. The smallest absolute Gasteiger partial charge is 0.317 e. The Labute approximate surface area is 202 Å². The van der Waals surface area contributed by atoms with Gasteiger partial charge in [-0.05, 0) is 29.2 Å². The van der Waals surface area contributed by atoms with Crippen molar-refractivity contribution in [2.24, 2.45) is 0 Å². The first kappa shape index (κ1) is 25.9. The molecule has 1 aliphatic rings. The van der Waals surface area contributed by atoms with Crippen LogP contribution in [-0.2, 0) is 4.79 Å². The summed E-state index contributed by atoms with van der Waals surface area (Å²) in [6.07, 6.45) is 0. The number of hydrogen-bond acceptors (Lipinski definition) is 3. The molecule has 0 spiro atoms. The molecule has 1 fully saturated rings. The number of aliphatic carboxylic acids is 1. The van der Waals surface area contributed by atoms with Gasteiger partial charge in [0, 0.05) is 25.7 Å². The van der Waals surface area contributed by atoms with Crippen LogP contribution >= 0.6 is 24.8 Å². The van der Waals surface area contributed by atoms with Crippen LogP contribution in [0.25, 0.3) is 11.1 Å². The highest BCUT2D eigenvalue weighted by molar-refractivity contribution is 5.85. The maximum absolute atomic E-state index is 11.2. The summed E-state index contributed by atoms with van der Waals surface area (Å²) in [4.78, 5) is 15.7. The van der Waals surface area contributed by atoms with E-state index < -0.39 is 5.97 Å². The Bertz CT molecular complexity index is 968. The van der Waals surface area contributed by atoms with Gasteiger partial charge >= 0.3 is 5.97 Å². The van der Waals surface area contributed by atoms with E-state index in [0.717, 1.165) is 19.6 Å². The summed E-state index contributed by atoms with van der Waals surface area (Å²) in [5, 5.41) is 9.18. The van der Waals surface area contributed by atoms with Gasteiger partial charge in [-0.25, -0.2) is 0 Å². The Balaban J connectivity index is 0.00000181. The lowest BCUT2D eigenvalue weighted by Crippen LogP contribution is -2.54. The fraction of sp³-hybridized carbons (Fsp3) is 0.269. The molecule has 0 saturated carbocycles. The van der Waals surface area contributed by atoms with Gasteiger partial charge in [-0.1, -0.05) is 84.9 Å². The van der Waals surface area contributed by atoms with Crippen molar-refractivity contribution in [2.45, 2.75) is 19.0 Å². The van der Waals surface area contributed by atoms with Crippen molar-refractivity contribution in [3.8, 4) is 11.1 Å². The van der Waals surface area contributed by atoms with Crippen molar-refractivity contribution in [3.05, 3.63) is 96.1 Å². The third-order valence-electron chi connectivity index (χ3n) is 5.95. The van der Waals surface area contributed by atoms with Crippen LogP contribution in [0.15, 0.2) is 84.9 Å². The lowest BCUT2D eigenvalue weighted by Gasteiger charge is -2.43. The van der Waals surface area contributed by atoms with E-state index in [2.05, 4.69) is 89.5 Å². The molecule has 1 unspecified atom stereocenters. The third kappa shape index (κ3) is 6.11. The Morgan fingerprint density at radius 3 is 1.94 bits per heavy atom. The molecule has 1 aliphatic heterocycles. The summed E-state index contributed by atoms with van der Waals surface area (Å²) < 4.78 is 0. The molecule has 0 amide bonds. The molecule has 4 nitrogen and oxygen atoms in total. The molecule has 32 heavy (non-hydrogen) atoms. The fourth-order valence-corrected chi connectivity index (χ4v) is 4.40. The zero-order valence-corrected chi connectivity index (χ0v) is 19.8. The lowest BCUT2D eigenvalue weighted by molar-refractivity contribution is -0.139. The minimum Gasteiger partial charge on any atom is -0.480 e. The van der Waals surface area contributed by atoms with E-state index in [-0.39, 0.29) is 43.4 Å². The molecule has 1 N–H and O–H groups in total. The minimum atomic E-state index is -0.758. The summed E-state index contributed by atoms with van der Waals surface area (Å²) in [6.45, 7) is 4.68. The van der Waals surface area contributed by atoms with Crippen LogP contribution in [0.4, 0.5) is 0 Å². The van der Waals surface area contributed by atoms with Crippen LogP contribution in [0, 0.1) is 0 Å². The highest BCUT2D eigenvalue weighted by Crippen LogP contribution is 2.32. The topological polar surface area (TPSA) is 43.8 Å². The molecule has 3 aromatic carbocycles. The third-order valence-corrected chi connectivity index (χ3v) is 5.95. The second-order valence-corrected chi connectivity index (χ2v) is 8.01. The zero-order valence-electron chi connectivity index (χ0n) is 18.1. The molecule has 0 radical (unpaired) electrons. The second-order valence-electron chi connectivity index (χ2n) is 8.01. The Kier molecular flexibility index (Phi) is 9.73. The van der Waals surface area contributed by atoms with Gasteiger partial charge in [0.15, 0.2) is 0 Å². The van der Waals surface area contributed by atoms with E-state index >= 15 is 0 Å². The fourth-order valence-electron chi connectivity index (χ4n) is 4.40. The molecule has 3 aromatic rings. The van der Waals surface area contributed by atoms with Crippen LogP contribution in [0.2, 0.25) is 0 Å². The van der Waals surface area contributed by atoms with Crippen LogP contribution in [-0.4, -0.2) is 53.1 Å². The normalized spacial score (nSPS) is 17.6. The molecule has 170 valence electrons. The first-order valence-electron chi connectivity index (χ1n) is 10.5. The minimum absolute atomic E-state index is 0. The van der Waals surface area contributed by atoms with E-state index in [4.69, 9.17) is 0 Å². The van der Waals surface area contributed by atoms with Crippen LogP contribution < -0.4 is 0 Å². The van der Waals surface area contributed by atoms with Crippen molar-refractivity contribution in [1.29, 1.82) is 0 Å². The van der Waals surface area contributed by atoms with Gasteiger partial charge in [0.1, 0.15) is 0 Å². The number of carbonyl (C=O) groups is 1. The summed E-state index contributed by atoms with van der Waals surface area (Å²) in [5.74, 6) is -0.758. The maximum Gasteiger partial charge on any atom is 0.317 e. The molecule has 1 heterocycles. The van der Waals surface area contributed by atoms with Crippen molar-refractivity contribution >= 4 is 30.8 Å². The molecule has 6 heteroatoms. The van der Waals surface area contributed by atoms with Crippen LogP contribution in [0.1, 0.15) is 24.1 Å². The molecule has 2 atom stereocenters. The van der Waals surface area contributed by atoms with E-state index in [1.165, 1.54) is 22.3 Å². The summed E-state index contributed by atoms with van der Waals surface area (Å²) >= 11 is 0. The number of halogens is 2. The Hall–Kier alpha value is -2.37. The number of carboxylic acid groups (broad SMARTS) is 1. The average Bonchev–Trinajstić information content (AvgIpc) is 2.77. The monoisotopic (exact) mass is 472 g/mol. The first-order valence-corrected chi connectivity index (χ1v) is 10.5. The van der Waals surface area contributed by atoms with E-state index in [1.54, 1.807) is 0 Å². The molecule has 0 bridgehead atoms. The molecule has 4 rings (SSSR count). The maximum atomic E-state index is 11.2. The van der Waals surface area contributed by atoms with Crippen molar-refractivity contribution in [2.75, 3.05) is 26.2 Å². The summed E-state index contributed by atoms with van der Waals surface area (Å²) in [7, 11) is 0. The van der Waals surface area contributed by atoms with E-state index in [0.29, 0.717) is 0 Å². The van der Waals surface area contributed by atoms with Crippen molar-refractivity contribution < 1.29 is 9.90 Å². The number of piperazine rings is 1. The number of benzene rings is 3. The highest BCUT2D eigenvalue weighted by atomic mass is 35.5. The predicted octanol–water partition coefficient (Wildman–Crippen LogP) is 5.38. The summed E-state index contributed by atoms with van der Waals surface area (Å²) in [6, 6.07) is 30.2. The molecule has 1 saturated heterocycles. The lowest BCUT2D eigenvalue weighted by atomic mass is 9.94. The largest absolute Gasteiger partial charge is 0.480 e. The van der Waals surface area contributed by atoms with Crippen LogP contribution in [0.3, 0.4) is 0 Å². The number of hydrogen-bond donors (Lipinski definition) is 1. The Morgan fingerprint density at radius 1 is 0.844 bits per heavy atom. The number of rotatable bonds is 6. The van der Waals surface area contributed by atoms with Gasteiger partial charge in [0.25, 0.3) is 0 Å². The quantitative estimate of drug-likeness (QED) is 0.522. The van der Waals surface area contributed by atoms with E-state index in [1.807, 2.05) is 12.1 Å².